The molecule has 0 radical (unpaired) electrons. The summed E-state index contributed by atoms with van der Waals surface area (Å²) in [6.45, 7) is 0. The van der Waals surface area contributed by atoms with Gasteiger partial charge in [-0.3, -0.25) is 5.10 Å². The highest BCUT2D eigenvalue weighted by atomic mass is 16.3. The number of benzene rings is 3. The van der Waals surface area contributed by atoms with Crippen molar-refractivity contribution in [3.05, 3.63) is 84.1 Å². The van der Waals surface area contributed by atoms with Crippen LogP contribution in [0.2, 0.25) is 0 Å². The molecule has 2 N–H and O–H groups in total. The number of aromatic nitrogens is 2. The Morgan fingerprint density at radius 1 is 0.880 bits per heavy atom. The average molecular weight is 326 g/mol. The second-order valence-corrected chi connectivity index (χ2v) is 6.80. The van der Waals surface area contributed by atoms with Crippen LogP contribution in [-0.4, -0.2) is 15.3 Å². The number of aromatic hydroxyl groups is 1. The molecule has 2 unspecified atom stereocenters. The lowest BCUT2D eigenvalue weighted by Crippen LogP contribution is -1.88. The zero-order chi connectivity index (χ0) is 16.8. The van der Waals surface area contributed by atoms with Crippen LogP contribution in [-0.2, 0) is 0 Å². The first kappa shape index (κ1) is 14.3. The molecule has 3 heteroatoms. The maximum absolute atomic E-state index is 9.54. The topological polar surface area (TPSA) is 48.9 Å². The summed E-state index contributed by atoms with van der Waals surface area (Å²) in [4.78, 5) is 0. The predicted molar refractivity (Wildman–Crippen MR) is 99.7 cm³/mol. The number of nitrogens with one attached hydrogen (secondary N) is 1. The Morgan fingerprint density at radius 3 is 2.48 bits per heavy atom. The molecule has 1 fully saturated rings. The molecule has 1 aromatic heterocycles. The molecule has 0 aliphatic heterocycles. The molecule has 25 heavy (non-hydrogen) atoms. The fourth-order valence-electron chi connectivity index (χ4n) is 3.81. The second-order valence-electron chi connectivity index (χ2n) is 6.80. The largest absolute Gasteiger partial charge is 0.508 e. The molecule has 2 atom stereocenters. The standard InChI is InChI=1S/C22H18N2O/c25-17-8-6-14(7-9-17)16-10-19(21-13-23-24-22(21)11-16)20-12-18(20)15-4-2-1-3-5-15/h1-11,13,18,20,25H,12H2,(H,23,24). The number of H-pyrrole nitrogens is 1. The molecule has 0 bridgehead atoms. The summed E-state index contributed by atoms with van der Waals surface area (Å²) in [6.07, 6.45) is 3.12. The van der Waals surface area contributed by atoms with Gasteiger partial charge in [0.1, 0.15) is 5.75 Å². The summed E-state index contributed by atoms with van der Waals surface area (Å²) in [7, 11) is 0. The van der Waals surface area contributed by atoms with E-state index in [1.807, 2.05) is 18.3 Å². The summed E-state index contributed by atoms with van der Waals surface area (Å²) in [5.74, 6) is 1.42. The van der Waals surface area contributed by atoms with Crippen molar-refractivity contribution in [2.24, 2.45) is 0 Å². The van der Waals surface area contributed by atoms with E-state index in [-0.39, 0.29) is 5.75 Å². The maximum atomic E-state index is 9.54. The van der Waals surface area contributed by atoms with Crippen molar-refractivity contribution in [3.63, 3.8) is 0 Å². The van der Waals surface area contributed by atoms with Crippen LogP contribution >= 0.6 is 0 Å². The minimum atomic E-state index is 0.290. The van der Waals surface area contributed by atoms with Gasteiger partial charge in [0.2, 0.25) is 0 Å². The Morgan fingerprint density at radius 2 is 1.68 bits per heavy atom. The summed E-state index contributed by atoms with van der Waals surface area (Å²) in [6, 6.07) is 22.6. The van der Waals surface area contributed by atoms with Crippen LogP contribution in [0.1, 0.15) is 29.4 Å². The molecule has 0 amide bonds. The lowest BCUT2D eigenvalue weighted by Gasteiger charge is -2.08. The first-order chi connectivity index (χ1) is 12.3. The van der Waals surface area contributed by atoms with E-state index >= 15 is 0 Å². The van der Waals surface area contributed by atoms with E-state index in [0.29, 0.717) is 11.8 Å². The van der Waals surface area contributed by atoms with Gasteiger partial charge in [0.25, 0.3) is 0 Å². The van der Waals surface area contributed by atoms with Crippen LogP contribution in [0.15, 0.2) is 72.9 Å². The van der Waals surface area contributed by atoms with Gasteiger partial charge in [-0.15, -0.1) is 0 Å². The van der Waals surface area contributed by atoms with E-state index in [1.165, 1.54) is 22.9 Å². The quantitative estimate of drug-likeness (QED) is 0.543. The third-order valence-corrected chi connectivity index (χ3v) is 5.21. The molecule has 1 aliphatic rings. The predicted octanol–water partition coefficient (Wildman–Crippen LogP) is 5.21. The molecule has 0 spiro atoms. The fourth-order valence-corrected chi connectivity index (χ4v) is 3.81. The van der Waals surface area contributed by atoms with Crippen LogP contribution in [0.25, 0.3) is 22.0 Å². The van der Waals surface area contributed by atoms with Crippen molar-refractivity contribution in [1.82, 2.24) is 10.2 Å². The van der Waals surface area contributed by atoms with Crippen LogP contribution in [0, 0.1) is 0 Å². The van der Waals surface area contributed by atoms with E-state index in [4.69, 9.17) is 0 Å². The van der Waals surface area contributed by atoms with Gasteiger partial charge in [0.15, 0.2) is 0 Å². The Bertz CT molecular complexity index is 1030. The lowest BCUT2D eigenvalue weighted by atomic mass is 9.96. The second kappa shape index (κ2) is 5.49. The number of phenolic OH excluding ortho intramolecular Hbond substituents is 1. The van der Waals surface area contributed by atoms with Crippen molar-refractivity contribution in [1.29, 1.82) is 0 Å². The van der Waals surface area contributed by atoms with Crippen LogP contribution in [0.4, 0.5) is 0 Å². The van der Waals surface area contributed by atoms with E-state index in [2.05, 4.69) is 52.7 Å². The van der Waals surface area contributed by atoms with Gasteiger partial charge in [-0.25, -0.2) is 0 Å². The molecule has 3 aromatic carbocycles. The molecule has 122 valence electrons. The number of rotatable bonds is 3. The van der Waals surface area contributed by atoms with Gasteiger partial charge in [-0.2, -0.15) is 5.10 Å². The number of fused-ring (bicyclic) bond motifs is 1. The molecule has 1 aliphatic carbocycles. The Kier molecular flexibility index (Phi) is 3.14. The van der Waals surface area contributed by atoms with Gasteiger partial charge in [0, 0.05) is 5.39 Å². The highest BCUT2D eigenvalue weighted by molar-refractivity contribution is 5.88. The van der Waals surface area contributed by atoms with E-state index in [9.17, 15) is 5.11 Å². The van der Waals surface area contributed by atoms with Gasteiger partial charge in [-0.1, -0.05) is 48.5 Å². The van der Waals surface area contributed by atoms with Crippen molar-refractivity contribution in [3.8, 4) is 16.9 Å². The van der Waals surface area contributed by atoms with Crippen LogP contribution < -0.4 is 0 Å². The van der Waals surface area contributed by atoms with Crippen molar-refractivity contribution in [2.75, 3.05) is 0 Å². The van der Waals surface area contributed by atoms with Crippen molar-refractivity contribution >= 4 is 10.9 Å². The number of hydrogen-bond donors (Lipinski definition) is 2. The molecule has 3 nitrogen and oxygen atoms in total. The zero-order valence-electron chi connectivity index (χ0n) is 13.7. The smallest absolute Gasteiger partial charge is 0.115 e. The number of hydrogen-bond acceptors (Lipinski definition) is 2. The summed E-state index contributed by atoms with van der Waals surface area (Å²) in [5.41, 5.74) is 6.11. The lowest BCUT2D eigenvalue weighted by molar-refractivity contribution is 0.475. The molecule has 5 rings (SSSR count). The van der Waals surface area contributed by atoms with Gasteiger partial charge in [0.05, 0.1) is 11.7 Å². The number of aromatic amines is 1. The SMILES string of the molecule is Oc1ccc(-c2cc(C3CC3c3ccccc3)c3cn[nH]c3c2)cc1. The Hall–Kier alpha value is -3.07. The van der Waals surface area contributed by atoms with Gasteiger partial charge >= 0.3 is 0 Å². The highest BCUT2D eigenvalue weighted by Crippen LogP contribution is 2.56. The molecular formula is C22H18N2O. The van der Waals surface area contributed by atoms with Crippen molar-refractivity contribution in [2.45, 2.75) is 18.3 Å². The van der Waals surface area contributed by atoms with E-state index < -0.39 is 0 Å². The zero-order valence-corrected chi connectivity index (χ0v) is 13.7. The molecule has 1 heterocycles. The maximum Gasteiger partial charge on any atom is 0.115 e. The minimum Gasteiger partial charge on any atom is -0.508 e. The molecular weight excluding hydrogens is 308 g/mol. The third-order valence-electron chi connectivity index (χ3n) is 5.21. The molecule has 0 saturated heterocycles. The summed E-state index contributed by atoms with van der Waals surface area (Å²) in [5, 5.41) is 18.1. The average Bonchev–Trinajstić information content (AvgIpc) is 3.31. The fraction of sp³-hybridized carbons (Fsp3) is 0.136. The van der Waals surface area contributed by atoms with Crippen molar-refractivity contribution < 1.29 is 5.11 Å². The van der Waals surface area contributed by atoms with Gasteiger partial charge in [-0.05, 0) is 58.7 Å². The normalized spacial score (nSPS) is 19.2. The first-order valence-electron chi connectivity index (χ1n) is 8.61. The van der Waals surface area contributed by atoms with Gasteiger partial charge < -0.3 is 5.11 Å². The summed E-state index contributed by atoms with van der Waals surface area (Å²) >= 11 is 0. The summed E-state index contributed by atoms with van der Waals surface area (Å²) < 4.78 is 0. The Balaban J connectivity index is 1.59. The van der Waals surface area contributed by atoms with E-state index in [1.54, 1.807) is 12.1 Å². The first-order valence-corrected chi connectivity index (χ1v) is 8.61. The third kappa shape index (κ3) is 2.49. The minimum absolute atomic E-state index is 0.290. The van der Waals surface area contributed by atoms with Crippen LogP contribution in [0.5, 0.6) is 5.75 Å². The molecule has 1 saturated carbocycles. The van der Waals surface area contributed by atoms with E-state index in [0.717, 1.165) is 16.6 Å². The Labute approximate surface area is 146 Å². The number of phenols is 1. The van der Waals surface area contributed by atoms with Crippen LogP contribution in [0.3, 0.4) is 0 Å². The molecule has 4 aromatic rings. The monoisotopic (exact) mass is 326 g/mol. The highest BCUT2D eigenvalue weighted by Gasteiger charge is 2.40. The number of nitrogens with zero attached hydrogens (tertiary/aromatic N) is 1.